The van der Waals surface area contributed by atoms with E-state index < -0.39 is 5.92 Å². The Hall–Kier alpha value is -1.83. The van der Waals surface area contributed by atoms with Crippen LogP contribution in [0.3, 0.4) is 0 Å². The molecule has 0 bridgehead atoms. The number of hydrogen-bond acceptors (Lipinski definition) is 4. The van der Waals surface area contributed by atoms with E-state index in [-0.39, 0.29) is 11.8 Å². The van der Waals surface area contributed by atoms with Crippen LogP contribution in [0.5, 0.6) is 0 Å². The van der Waals surface area contributed by atoms with E-state index in [1.54, 1.807) is 13.0 Å². The van der Waals surface area contributed by atoms with Crippen molar-refractivity contribution in [2.24, 2.45) is 11.8 Å². The van der Waals surface area contributed by atoms with Gasteiger partial charge in [0, 0.05) is 6.07 Å². The van der Waals surface area contributed by atoms with Gasteiger partial charge in [-0.25, -0.2) is 0 Å². The number of anilines is 1. The van der Waals surface area contributed by atoms with E-state index in [1.165, 1.54) is 0 Å². The molecule has 5 nitrogen and oxygen atoms in total. The Kier molecular flexibility index (Phi) is 3.45. The lowest BCUT2D eigenvalue weighted by atomic mass is 9.97. The Morgan fingerprint density at radius 2 is 2.33 bits per heavy atom. The molecule has 1 aromatic heterocycles. The van der Waals surface area contributed by atoms with Crippen LogP contribution in [0.25, 0.3) is 0 Å². The number of carbonyl (C=O) groups excluding carboxylic acids is 1. The van der Waals surface area contributed by atoms with Gasteiger partial charge in [0.15, 0.2) is 5.82 Å². The second-order valence-corrected chi connectivity index (χ2v) is 3.66. The summed E-state index contributed by atoms with van der Waals surface area (Å²) >= 11 is 0. The molecule has 1 heterocycles. The molecule has 0 spiro atoms. The molecule has 0 radical (unpaired) electrons. The van der Waals surface area contributed by atoms with E-state index in [4.69, 9.17) is 9.78 Å². The minimum atomic E-state index is -0.665. The lowest BCUT2D eigenvalue weighted by molar-refractivity contribution is -0.119. The first-order valence-corrected chi connectivity index (χ1v) is 4.68. The minimum absolute atomic E-state index is 0.0250. The Morgan fingerprint density at radius 3 is 2.73 bits per heavy atom. The van der Waals surface area contributed by atoms with Crippen molar-refractivity contribution >= 4 is 11.7 Å². The fourth-order valence-corrected chi connectivity index (χ4v) is 1.14. The highest BCUT2D eigenvalue weighted by atomic mass is 16.5. The molecule has 1 rings (SSSR count). The molecular weight excluding hydrogens is 194 g/mol. The first-order chi connectivity index (χ1) is 7.04. The van der Waals surface area contributed by atoms with Crippen LogP contribution in [-0.2, 0) is 4.79 Å². The summed E-state index contributed by atoms with van der Waals surface area (Å²) in [5.74, 6) is -0.0763. The fraction of sp³-hybridized carbons (Fsp3) is 0.500. The van der Waals surface area contributed by atoms with Crippen molar-refractivity contribution in [3.63, 3.8) is 0 Å². The molecule has 1 aromatic rings. The summed E-state index contributed by atoms with van der Waals surface area (Å²) in [7, 11) is 0. The average molecular weight is 207 g/mol. The van der Waals surface area contributed by atoms with Gasteiger partial charge >= 0.3 is 0 Å². The van der Waals surface area contributed by atoms with Crippen LogP contribution in [0.4, 0.5) is 5.82 Å². The van der Waals surface area contributed by atoms with E-state index in [1.807, 2.05) is 19.9 Å². The first-order valence-electron chi connectivity index (χ1n) is 4.68. The normalized spacial score (nSPS) is 12.2. The van der Waals surface area contributed by atoms with Gasteiger partial charge in [-0.05, 0) is 12.8 Å². The van der Waals surface area contributed by atoms with Crippen molar-refractivity contribution < 1.29 is 9.32 Å². The number of amides is 1. The first kappa shape index (κ1) is 11.2. The molecule has 80 valence electrons. The summed E-state index contributed by atoms with van der Waals surface area (Å²) in [6, 6.07) is 3.56. The third-order valence-corrected chi connectivity index (χ3v) is 1.97. The van der Waals surface area contributed by atoms with Gasteiger partial charge in [0.05, 0.1) is 6.07 Å². The predicted molar refractivity (Wildman–Crippen MR) is 53.8 cm³/mol. The lowest BCUT2D eigenvalue weighted by Gasteiger charge is -2.10. The molecule has 0 saturated carbocycles. The molecular formula is C10H13N3O2. The number of nitrogens with one attached hydrogen (secondary N) is 1. The van der Waals surface area contributed by atoms with Crippen molar-refractivity contribution in [2.45, 2.75) is 20.8 Å². The highest BCUT2D eigenvalue weighted by molar-refractivity contribution is 5.93. The number of carbonyl (C=O) groups is 1. The molecule has 0 aliphatic carbocycles. The molecule has 15 heavy (non-hydrogen) atoms. The van der Waals surface area contributed by atoms with E-state index in [9.17, 15) is 4.79 Å². The average Bonchev–Trinajstić information content (AvgIpc) is 2.51. The predicted octanol–water partition coefficient (Wildman–Crippen LogP) is 1.72. The van der Waals surface area contributed by atoms with Gasteiger partial charge in [-0.3, -0.25) is 4.79 Å². The molecule has 5 heteroatoms. The van der Waals surface area contributed by atoms with Crippen molar-refractivity contribution in [1.29, 1.82) is 5.26 Å². The maximum Gasteiger partial charge on any atom is 0.243 e. The Bertz CT molecular complexity index is 390. The molecule has 0 aliphatic heterocycles. The smallest absolute Gasteiger partial charge is 0.243 e. The molecule has 0 aliphatic rings. The van der Waals surface area contributed by atoms with Crippen LogP contribution in [0.15, 0.2) is 10.6 Å². The Labute approximate surface area is 88.1 Å². The quantitative estimate of drug-likeness (QED) is 0.818. The van der Waals surface area contributed by atoms with Gasteiger partial charge in [0.2, 0.25) is 5.91 Å². The molecule has 1 N–H and O–H groups in total. The van der Waals surface area contributed by atoms with Crippen LogP contribution in [0.2, 0.25) is 0 Å². The lowest BCUT2D eigenvalue weighted by Crippen LogP contribution is -2.25. The monoisotopic (exact) mass is 207 g/mol. The van der Waals surface area contributed by atoms with Gasteiger partial charge in [0.25, 0.3) is 0 Å². The zero-order valence-corrected chi connectivity index (χ0v) is 8.94. The van der Waals surface area contributed by atoms with Crippen LogP contribution >= 0.6 is 0 Å². The molecule has 1 amide bonds. The summed E-state index contributed by atoms with van der Waals surface area (Å²) < 4.78 is 4.79. The number of aromatic nitrogens is 1. The Morgan fingerprint density at radius 1 is 1.67 bits per heavy atom. The summed E-state index contributed by atoms with van der Waals surface area (Å²) in [6.45, 7) is 5.37. The highest BCUT2D eigenvalue weighted by Crippen LogP contribution is 2.13. The topological polar surface area (TPSA) is 78.9 Å². The summed E-state index contributed by atoms with van der Waals surface area (Å²) in [5.41, 5.74) is 0. The molecule has 1 atom stereocenters. The van der Waals surface area contributed by atoms with Gasteiger partial charge in [-0.15, -0.1) is 0 Å². The standard InChI is InChI=1S/C10H13N3O2/c1-6(2)8(5-11)10(14)12-9-4-7(3)15-13-9/h4,6,8H,1-3H3,(H,12,13,14). The zero-order chi connectivity index (χ0) is 11.4. The number of hydrogen-bond donors (Lipinski definition) is 1. The maximum atomic E-state index is 11.6. The number of rotatable bonds is 3. The van der Waals surface area contributed by atoms with E-state index in [0.29, 0.717) is 11.6 Å². The second kappa shape index (κ2) is 4.60. The summed E-state index contributed by atoms with van der Waals surface area (Å²) in [6.07, 6.45) is 0. The van der Waals surface area contributed by atoms with E-state index in [2.05, 4.69) is 10.5 Å². The van der Waals surface area contributed by atoms with E-state index in [0.717, 1.165) is 0 Å². The summed E-state index contributed by atoms with van der Waals surface area (Å²) in [4.78, 5) is 11.6. The van der Waals surface area contributed by atoms with Crippen LogP contribution < -0.4 is 5.32 Å². The van der Waals surface area contributed by atoms with Gasteiger partial charge in [-0.1, -0.05) is 19.0 Å². The highest BCUT2D eigenvalue weighted by Gasteiger charge is 2.22. The minimum Gasteiger partial charge on any atom is -0.360 e. The van der Waals surface area contributed by atoms with Crippen LogP contribution in [0.1, 0.15) is 19.6 Å². The zero-order valence-electron chi connectivity index (χ0n) is 8.94. The summed E-state index contributed by atoms with van der Waals surface area (Å²) in [5, 5.41) is 14.9. The third kappa shape index (κ3) is 2.81. The van der Waals surface area contributed by atoms with Crippen molar-refractivity contribution in [3.05, 3.63) is 11.8 Å². The van der Waals surface area contributed by atoms with Crippen LogP contribution in [0, 0.1) is 30.1 Å². The largest absolute Gasteiger partial charge is 0.360 e. The van der Waals surface area contributed by atoms with E-state index >= 15 is 0 Å². The maximum absolute atomic E-state index is 11.6. The number of nitriles is 1. The molecule has 1 unspecified atom stereocenters. The molecule has 0 saturated heterocycles. The third-order valence-electron chi connectivity index (χ3n) is 1.97. The van der Waals surface area contributed by atoms with Gasteiger partial charge in [-0.2, -0.15) is 5.26 Å². The van der Waals surface area contributed by atoms with Gasteiger partial charge in [0.1, 0.15) is 11.7 Å². The van der Waals surface area contributed by atoms with Crippen LogP contribution in [-0.4, -0.2) is 11.1 Å². The van der Waals surface area contributed by atoms with Crippen molar-refractivity contribution in [1.82, 2.24) is 5.16 Å². The number of aryl methyl sites for hydroxylation is 1. The Balaban J connectivity index is 2.67. The SMILES string of the molecule is Cc1cc(NC(=O)C(C#N)C(C)C)no1. The molecule has 0 aromatic carbocycles. The van der Waals surface area contributed by atoms with Gasteiger partial charge < -0.3 is 9.84 Å². The van der Waals surface area contributed by atoms with Crippen molar-refractivity contribution in [2.75, 3.05) is 5.32 Å². The van der Waals surface area contributed by atoms with Crippen molar-refractivity contribution in [3.8, 4) is 6.07 Å². The number of nitrogens with zero attached hydrogens (tertiary/aromatic N) is 2. The molecule has 0 fully saturated rings. The second-order valence-electron chi connectivity index (χ2n) is 3.66. The fourth-order valence-electron chi connectivity index (χ4n) is 1.14.